The summed E-state index contributed by atoms with van der Waals surface area (Å²) in [7, 11) is -4.33. The van der Waals surface area contributed by atoms with E-state index in [9.17, 15) is 22.8 Å². The Labute approximate surface area is 228 Å². The lowest BCUT2D eigenvalue weighted by atomic mass is 10.0. The van der Waals surface area contributed by atoms with Gasteiger partial charge in [0.1, 0.15) is 18.2 Å². The summed E-state index contributed by atoms with van der Waals surface area (Å²) in [6, 6.07) is 21.3. The van der Waals surface area contributed by atoms with Gasteiger partial charge < -0.3 is 14.8 Å². The zero-order chi connectivity index (χ0) is 28.6. The van der Waals surface area contributed by atoms with Crippen molar-refractivity contribution in [2.45, 2.75) is 57.3 Å². The molecule has 206 valence electrons. The first-order chi connectivity index (χ1) is 18.3. The Bertz CT molecular complexity index is 1430. The molecule has 0 heterocycles. The van der Waals surface area contributed by atoms with Gasteiger partial charge >= 0.3 is 12.1 Å². The van der Waals surface area contributed by atoms with E-state index in [1.54, 1.807) is 20.8 Å². The maximum absolute atomic E-state index is 12.8. The van der Waals surface area contributed by atoms with Gasteiger partial charge in [0.05, 0.1) is 10.5 Å². The second-order valence-electron chi connectivity index (χ2n) is 9.87. The Balaban J connectivity index is 1.57. The Morgan fingerprint density at radius 3 is 2.18 bits per heavy atom. The summed E-state index contributed by atoms with van der Waals surface area (Å²) in [4.78, 5) is 36.9. The molecule has 39 heavy (non-hydrogen) atoms. The van der Waals surface area contributed by atoms with Crippen molar-refractivity contribution in [2.24, 2.45) is 0 Å². The van der Waals surface area contributed by atoms with Crippen molar-refractivity contribution < 1.29 is 32.3 Å². The molecule has 0 fully saturated rings. The monoisotopic (exact) mass is 552 g/mol. The fourth-order valence-electron chi connectivity index (χ4n) is 3.52. The zero-order valence-electron chi connectivity index (χ0n) is 22.3. The van der Waals surface area contributed by atoms with Gasteiger partial charge in [0.25, 0.3) is 15.9 Å². The lowest BCUT2D eigenvalue weighted by molar-refractivity contribution is -0.120. The SMILES string of the molecule is CC(NC(=O)OCc1ccccc1Cc1ccccc1)C(=O)NS(=O)(=O)c1cccc(C(=O)OC(C)(C)C)c1. The second kappa shape index (κ2) is 12.6. The molecule has 0 saturated heterocycles. The van der Waals surface area contributed by atoms with Gasteiger partial charge in [0.15, 0.2) is 0 Å². The van der Waals surface area contributed by atoms with Gasteiger partial charge in [0.2, 0.25) is 0 Å². The summed E-state index contributed by atoms with van der Waals surface area (Å²) >= 11 is 0. The molecule has 3 aromatic rings. The van der Waals surface area contributed by atoms with E-state index in [1.807, 2.05) is 59.3 Å². The van der Waals surface area contributed by atoms with Gasteiger partial charge in [0, 0.05) is 0 Å². The van der Waals surface area contributed by atoms with E-state index in [-0.39, 0.29) is 17.1 Å². The summed E-state index contributed by atoms with van der Waals surface area (Å²) in [5.74, 6) is -1.67. The van der Waals surface area contributed by atoms with Gasteiger partial charge in [-0.2, -0.15) is 0 Å². The maximum Gasteiger partial charge on any atom is 0.408 e. The molecule has 2 N–H and O–H groups in total. The van der Waals surface area contributed by atoms with Gasteiger partial charge in [-0.05, 0) is 69.0 Å². The molecule has 3 rings (SSSR count). The number of ether oxygens (including phenoxy) is 2. The molecule has 0 radical (unpaired) electrons. The highest BCUT2D eigenvalue weighted by molar-refractivity contribution is 7.90. The molecule has 0 saturated carbocycles. The molecular weight excluding hydrogens is 520 g/mol. The van der Waals surface area contributed by atoms with Crippen molar-refractivity contribution in [3.63, 3.8) is 0 Å². The average Bonchev–Trinajstić information content (AvgIpc) is 2.87. The molecular formula is C29H32N2O7S. The summed E-state index contributed by atoms with van der Waals surface area (Å²) in [5, 5.41) is 2.34. The van der Waals surface area contributed by atoms with E-state index < -0.39 is 39.6 Å². The predicted octanol–water partition coefficient (Wildman–Crippen LogP) is 4.35. The number of sulfonamides is 1. The van der Waals surface area contributed by atoms with Gasteiger partial charge in [-0.25, -0.2) is 22.7 Å². The number of carbonyl (C=O) groups is 3. The molecule has 0 spiro atoms. The van der Waals surface area contributed by atoms with E-state index >= 15 is 0 Å². The summed E-state index contributed by atoms with van der Waals surface area (Å²) in [6.45, 7) is 6.36. The number of carbonyl (C=O) groups excluding carboxylic acids is 3. The van der Waals surface area contributed by atoms with Crippen LogP contribution in [-0.4, -0.2) is 38.0 Å². The summed E-state index contributed by atoms with van der Waals surface area (Å²) in [6.07, 6.45) is -0.218. The normalized spacial score (nSPS) is 12.2. The number of hydrogen-bond donors (Lipinski definition) is 2. The molecule has 0 aliphatic carbocycles. The molecule has 1 unspecified atom stereocenters. The largest absolute Gasteiger partial charge is 0.456 e. The van der Waals surface area contributed by atoms with Crippen molar-refractivity contribution in [1.29, 1.82) is 0 Å². The number of benzene rings is 3. The molecule has 9 nitrogen and oxygen atoms in total. The van der Waals surface area contributed by atoms with E-state index in [1.165, 1.54) is 25.1 Å². The van der Waals surface area contributed by atoms with Crippen LogP contribution in [0.2, 0.25) is 0 Å². The van der Waals surface area contributed by atoms with Crippen molar-refractivity contribution in [1.82, 2.24) is 10.0 Å². The Morgan fingerprint density at radius 2 is 1.51 bits per heavy atom. The fourth-order valence-corrected chi connectivity index (χ4v) is 4.62. The highest BCUT2D eigenvalue weighted by Crippen LogP contribution is 2.17. The van der Waals surface area contributed by atoms with Crippen LogP contribution in [-0.2, 0) is 37.3 Å². The lowest BCUT2D eigenvalue weighted by Gasteiger charge is -2.19. The van der Waals surface area contributed by atoms with Crippen LogP contribution in [0.25, 0.3) is 0 Å². The van der Waals surface area contributed by atoms with E-state index in [2.05, 4.69) is 5.32 Å². The number of hydrogen-bond acceptors (Lipinski definition) is 7. The van der Waals surface area contributed by atoms with Crippen LogP contribution in [0.5, 0.6) is 0 Å². The number of rotatable bonds is 9. The maximum atomic E-state index is 12.8. The van der Waals surface area contributed by atoms with Crippen LogP contribution in [0, 0.1) is 0 Å². The molecule has 3 aromatic carbocycles. The van der Waals surface area contributed by atoms with E-state index in [0.29, 0.717) is 6.42 Å². The Hall–Kier alpha value is -4.18. The van der Waals surface area contributed by atoms with Crippen LogP contribution in [0.4, 0.5) is 4.79 Å². The minimum Gasteiger partial charge on any atom is -0.456 e. The van der Waals surface area contributed by atoms with Crippen molar-refractivity contribution in [3.05, 3.63) is 101 Å². The van der Waals surface area contributed by atoms with Gasteiger partial charge in [-0.1, -0.05) is 60.7 Å². The Kier molecular flexibility index (Phi) is 9.47. The molecule has 0 aliphatic rings. The third kappa shape index (κ3) is 8.96. The summed E-state index contributed by atoms with van der Waals surface area (Å²) < 4.78 is 38.0. The first-order valence-corrected chi connectivity index (χ1v) is 13.8. The molecule has 0 aromatic heterocycles. The standard InChI is InChI=1S/C29H32N2O7S/c1-20(26(32)31-39(35,36)25-16-10-15-23(18-25)27(33)38-29(2,3)4)30-28(34)37-19-24-14-9-8-13-22(24)17-21-11-6-5-7-12-21/h5-16,18,20H,17,19H2,1-4H3,(H,30,34)(H,31,32). The molecule has 1 atom stereocenters. The van der Waals surface area contributed by atoms with Gasteiger partial charge in [-0.3, -0.25) is 4.79 Å². The second-order valence-corrected chi connectivity index (χ2v) is 11.6. The third-order valence-electron chi connectivity index (χ3n) is 5.46. The average molecular weight is 553 g/mol. The molecule has 0 bridgehead atoms. The molecule has 2 amide bonds. The Morgan fingerprint density at radius 1 is 0.872 bits per heavy atom. The quantitative estimate of drug-likeness (QED) is 0.378. The fraction of sp³-hybridized carbons (Fsp3) is 0.276. The van der Waals surface area contributed by atoms with Crippen LogP contribution in [0.15, 0.2) is 83.8 Å². The topological polar surface area (TPSA) is 128 Å². The minimum atomic E-state index is -4.33. The van der Waals surface area contributed by atoms with Crippen molar-refractivity contribution in [3.8, 4) is 0 Å². The van der Waals surface area contributed by atoms with E-state index in [0.717, 1.165) is 22.8 Å². The smallest absolute Gasteiger partial charge is 0.408 e. The number of alkyl carbamates (subject to hydrolysis) is 1. The highest BCUT2D eigenvalue weighted by Gasteiger charge is 2.25. The van der Waals surface area contributed by atoms with E-state index in [4.69, 9.17) is 9.47 Å². The number of esters is 1. The first kappa shape index (κ1) is 29.4. The van der Waals surface area contributed by atoms with Crippen LogP contribution in [0.3, 0.4) is 0 Å². The number of nitrogens with one attached hydrogen (secondary N) is 2. The van der Waals surface area contributed by atoms with Crippen LogP contribution >= 0.6 is 0 Å². The van der Waals surface area contributed by atoms with Gasteiger partial charge in [-0.15, -0.1) is 0 Å². The predicted molar refractivity (Wildman–Crippen MR) is 145 cm³/mol. The zero-order valence-corrected chi connectivity index (χ0v) is 23.1. The van der Waals surface area contributed by atoms with Crippen molar-refractivity contribution in [2.75, 3.05) is 0 Å². The highest BCUT2D eigenvalue weighted by atomic mass is 32.2. The number of amides is 2. The van der Waals surface area contributed by atoms with Crippen molar-refractivity contribution >= 4 is 28.0 Å². The summed E-state index contributed by atoms with van der Waals surface area (Å²) in [5.41, 5.74) is 2.16. The van der Waals surface area contributed by atoms with Crippen LogP contribution in [0.1, 0.15) is 54.7 Å². The molecule has 0 aliphatic heterocycles. The minimum absolute atomic E-state index is 0.0162. The first-order valence-electron chi connectivity index (χ1n) is 12.3. The van der Waals surface area contributed by atoms with Crippen LogP contribution < -0.4 is 10.0 Å². The third-order valence-corrected chi connectivity index (χ3v) is 6.80. The lowest BCUT2D eigenvalue weighted by Crippen LogP contribution is -2.46. The molecule has 10 heteroatoms.